The molecule has 15 rings (SSSR count). The van der Waals surface area contributed by atoms with Crippen LogP contribution in [-0.2, 0) is 58.4 Å². The van der Waals surface area contributed by atoms with Crippen molar-refractivity contribution < 1.29 is 48.9 Å². The fraction of sp³-hybridized carbons (Fsp3) is 0.427. The molecule has 1 aliphatic carbocycles. The summed E-state index contributed by atoms with van der Waals surface area (Å²) in [6, 6.07) is 43.9. The van der Waals surface area contributed by atoms with E-state index in [4.69, 9.17) is 12.2 Å². The molecule has 114 heavy (non-hydrogen) atoms. The first kappa shape index (κ1) is 82.1. The lowest BCUT2D eigenvalue weighted by atomic mass is 9.97. The molecule has 9 atom stereocenters. The molecule has 0 spiro atoms. The summed E-state index contributed by atoms with van der Waals surface area (Å²) in [6.07, 6.45) is 3.95. The number of thiocarbonyl (C=S) groups is 1. The van der Waals surface area contributed by atoms with Crippen LogP contribution in [0.2, 0.25) is 0 Å². The molecule has 3 saturated heterocycles. The number of amides is 7. The molecule has 598 valence electrons. The van der Waals surface area contributed by atoms with Gasteiger partial charge >= 0.3 is 0 Å². The third-order valence-electron chi connectivity index (χ3n) is 23.2. The predicted molar refractivity (Wildman–Crippen MR) is 447 cm³/mol. The number of aromatic nitrogens is 2. The maximum atomic E-state index is 14.0. The van der Waals surface area contributed by atoms with Crippen molar-refractivity contribution in [1.29, 1.82) is 0 Å². The van der Waals surface area contributed by atoms with Crippen molar-refractivity contribution in [3.63, 3.8) is 0 Å². The number of carbonyl (C=O) groups excluding carboxylic acids is 7. The molecule has 6 aromatic carbocycles. The first-order valence-corrected chi connectivity index (χ1v) is 42.0. The summed E-state index contributed by atoms with van der Waals surface area (Å²) < 4.78 is 0. The second kappa shape index (κ2) is 36.3. The van der Waals surface area contributed by atoms with Crippen molar-refractivity contribution in [2.45, 2.75) is 200 Å². The van der Waals surface area contributed by atoms with E-state index < -0.39 is 54.6 Å². The minimum atomic E-state index is -0.773. The van der Waals surface area contributed by atoms with Crippen molar-refractivity contribution in [3.8, 4) is 20.9 Å². The normalized spacial score (nSPS) is 20.7. The van der Waals surface area contributed by atoms with Crippen LogP contribution in [0, 0.1) is 31.6 Å². The summed E-state index contributed by atoms with van der Waals surface area (Å²) in [6.45, 7) is 18.8. The van der Waals surface area contributed by atoms with Crippen LogP contribution >= 0.6 is 34.9 Å². The summed E-state index contributed by atoms with van der Waals surface area (Å²) in [5.74, 6) is -0.322. The van der Waals surface area contributed by atoms with Crippen molar-refractivity contribution >= 4 is 87.1 Å². The fourth-order valence-corrected chi connectivity index (χ4v) is 19.2. The van der Waals surface area contributed by atoms with Gasteiger partial charge in [-0.3, -0.25) is 38.6 Å². The number of amidine groups is 1. The van der Waals surface area contributed by atoms with Crippen LogP contribution < -0.4 is 16.0 Å². The lowest BCUT2D eigenvalue weighted by Crippen LogP contribution is -2.55. The number of thiazole rings is 2. The van der Waals surface area contributed by atoms with Gasteiger partial charge in [0.2, 0.25) is 23.6 Å². The molecule has 0 bridgehead atoms. The van der Waals surface area contributed by atoms with Gasteiger partial charge in [0, 0.05) is 102 Å². The highest BCUT2D eigenvalue weighted by Crippen LogP contribution is 2.38. The van der Waals surface area contributed by atoms with E-state index in [1.54, 1.807) is 60.3 Å². The SMILES string of the molecule is CC(C)[C@@H](C(=O)N1C[C@H](O)C[C@H]1C(=O)NCc1ccc(C2CCCC2)cc1)N1Cc2ccccc2C1=O.CN=C(NCc1ccc(-c2scnc2C)cc1)[C@@H]1C[C@@H](O)CN1C(=O)[C@H](C(C)C)N1Cc2ccccc2C1=O.Cc1ncsc1-c1ccc(CNC(=S)[C@@H]2C[C@@H](O)CN2C(=O)[C@H](C(C)C)N2Cc3ccccc3C2=O)cc1. The summed E-state index contributed by atoms with van der Waals surface area (Å²) in [5, 5.41) is 41.2. The maximum Gasteiger partial charge on any atom is 0.255 e. The van der Waals surface area contributed by atoms with Crippen molar-refractivity contribution in [2.24, 2.45) is 22.7 Å². The van der Waals surface area contributed by atoms with Crippen LogP contribution in [0.4, 0.5) is 0 Å². The zero-order chi connectivity index (χ0) is 80.8. The molecule has 22 nitrogen and oxygen atoms in total. The Morgan fingerprint density at radius 3 is 1.21 bits per heavy atom. The van der Waals surface area contributed by atoms with E-state index in [1.807, 2.05) is 133 Å². The lowest BCUT2D eigenvalue weighted by Gasteiger charge is -2.35. The second-order valence-corrected chi connectivity index (χ2v) is 34.2. The first-order chi connectivity index (χ1) is 54.8. The zero-order valence-corrected chi connectivity index (χ0v) is 68.7. The minimum Gasteiger partial charge on any atom is -0.391 e. The summed E-state index contributed by atoms with van der Waals surface area (Å²) in [5.41, 5.74) is 17.2. The highest BCUT2D eigenvalue weighted by Gasteiger charge is 2.49. The molecule has 8 heterocycles. The van der Waals surface area contributed by atoms with E-state index in [2.05, 4.69) is 104 Å². The number of hydrogen-bond acceptors (Lipinski definition) is 16. The molecule has 6 N–H and O–H groups in total. The molecule has 4 fully saturated rings. The van der Waals surface area contributed by atoms with Crippen LogP contribution in [0.1, 0.15) is 174 Å². The van der Waals surface area contributed by atoms with E-state index in [0.29, 0.717) is 85.5 Å². The highest BCUT2D eigenvalue weighted by molar-refractivity contribution is 7.80. The molecule has 6 aliphatic heterocycles. The van der Waals surface area contributed by atoms with Gasteiger partial charge in [-0.05, 0) is 119 Å². The number of aliphatic imine (C=N–C) groups is 1. The maximum absolute atomic E-state index is 14.0. The van der Waals surface area contributed by atoms with Gasteiger partial charge in [-0.15, -0.1) is 22.7 Å². The van der Waals surface area contributed by atoms with Gasteiger partial charge in [-0.1, -0.05) is 194 Å². The number of hydrogen-bond donors (Lipinski definition) is 6. The molecule has 1 saturated carbocycles. The van der Waals surface area contributed by atoms with Gasteiger partial charge in [0.1, 0.15) is 30.0 Å². The fourth-order valence-electron chi connectivity index (χ4n) is 17.3. The van der Waals surface area contributed by atoms with E-state index in [-0.39, 0.29) is 85.2 Å². The first-order valence-electron chi connectivity index (χ1n) is 39.8. The molecular formula is C89H104N12O10S3. The molecule has 0 unspecified atom stereocenters. The number of fused-ring (bicyclic) bond motifs is 3. The van der Waals surface area contributed by atoms with E-state index >= 15 is 0 Å². The number of rotatable bonds is 21. The summed E-state index contributed by atoms with van der Waals surface area (Å²) in [4.78, 5) is 120. The standard InChI is InChI=1S/C30H35N5O3S.C30H37N3O4.C29H32N4O3S2/c1-18(2)26(35-15-22-7-5-6-8-24(22)29(35)37)30(38)34-16-23(36)13-25(34)28(31-4)32-14-20-9-11-21(12-10-20)27-19(3)33-17-39-27;1-19(2)27(33-17-23-9-5-6-10-25(23)29(33)36)30(37)32-18-24(34)15-26(32)28(35)31-16-20-11-13-22(14-12-20)21-7-3-4-8-21;1-17(2)25(33-14-21-6-4-5-7-23(21)28(33)35)29(36)32-15-22(34)12-24(32)27(37)30-13-19-8-10-20(11-9-19)26-18(3)31-16-38-26/h5-12,17-18,23,25-26,36H,13-16H2,1-4H3,(H,31,32);5-6,9-14,19,21,24,26-27,34H,3-4,7-8,15-18H2,1-2H3,(H,31,35);4-11,16-17,22,24-25,34H,12-15H2,1-3H3,(H,30,37)/t23-,25+,26+;24-,26+,27+;22-,24+,25+/m111/s1. The molecular weight excluding hydrogens is 1490 g/mol. The minimum absolute atomic E-state index is 0.0885. The molecule has 25 heteroatoms. The number of benzene rings is 6. The number of β-amino-alcohol motifs (C(OH)–C–C–N with tert-alkyl or cyclic N) is 3. The van der Waals surface area contributed by atoms with Crippen molar-refractivity contribution in [1.82, 2.24) is 55.3 Å². The number of aliphatic hydroxyl groups is 3. The molecule has 7 aliphatic rings. The smallest absolute Gasteiger partial charge is 0.255 e. The van der Waals surface area contributed by atoms with Gasteiger partial charge in [0.05, 0.1) is 67.5 Å². The quantitative estimate of drug-likeness (QED) is 0.0222. The monoisotopic (exact) mass is 1600 g/mol. The number of likely N-dealkylation sites (tertiary alicyclic amines) is 3. The van der Waals surface area contributed by atoms with Crippen molar-refractivity contribution in [2.75, 3.05) is 26.7 Å². The van der Waals surface area contributed by atoms with Crippen LogP contribution in [0.25, 0.3) is 20.9 Å². The highest BCUT2D eigenvalue weighted by atomic mass is 32.1. The van der Waals surface area contributed by atoms with Crippen LogP contribution in [-0.4, -0.2) is 188 Å². The molecule has 2 aromatic heterocycles. The number of aliphatic hydroxyl groups excluding tert-OH is 3. The Morgan fingerprint density at radius 1 is 0.482 bits per heavy atom. The zero-order valence-electron chi connectivity index (χ0n) is 66.3. The summed E-state index contributed by atoms with van der Waals surface area (Å²) in [7, 11) is 1.70. The molecule has 0 radical (unpaired) electrons. The summed E-state index contributed by atoms with van der Waals surface area (Å²) >= 11 is 8.99. The van der Waals surface area contributed by atoms with E-state index in [0.717, 1.165) is 60.8 Å². The topological polar surface area (TPSA) is 274 Å². The Balaban J connectivity index is 0.000000149. The molecule has 7 amide bonds. The number of aryl methyl sites for hydroxylation is 2. The average Bonchev–Trinajstić information content (AvgIpc) is 1.63. The second-order valence-electron chi connectivity index (χ2n) is 32.1. The van der Waals surface area contributed by atoms with Gasteiger partial charge in [-0.2, -0.15) is 0 Å². The van der Waals surface area contributed by atoms with Gasteiger partial charge in [0.25, 0.3) is 17.7 Å². The molecule has 8 aromatic rings. The Bertz CT molecular complexity index is 4850. The Morgan fingerprint density at radius 2 is 0.833 bits per heavy atom. The number of nitrogens with one attached hydrogen (secondary N) is 3. The number of carbonyl (C=O) groups is 7. The Hall–Kier alpha value is -9.89. The number of nitrogens with zero attached hydrogens (tertiary/aromatic N) is 9. The van der Waals surface area contributed by atoms with Gasteiger partial charge < -0.3 is 60.7 Å². The average molecular weight is 1600 g/mol. The van der Waals surface area contributed by atoms with Gasteiger partial charge in [0.15, 0.2) is 0 Å². The lowest BCUT2D eigenvalue weighted by molar-refractivity contribution is -0.143. The third kappa shape index (κ3) is 18.0. The van der Waals surface area contributed by atoms with Crippen LogP contribution in [0.3, 0.4) is 0 Å². The van der Waals surface area contributed by atoms with E-state index in [9.17, 15) is 48.9 Å². The largest absolute Gasteiger partial charge is 0.391 e. The predicted octanol–water partition coefficient (Wildman–Crippen LogP) is 11.7. The third-order valence-corrected chi connectivity index (χ3v) is 25.6. The van der Waals surface area contributed by atoms with Gasteiger partial charge in [-0.25, -0.2) is 9.97 Å². The van der Waals surface area contributed by atoms with Crippen LogP contribution in [0.15, 0.2) is 162 Å². The Labute approximate surface area is 681 Å². The Kier molecular flexibility index (Phi) is 26.1. The van der Waals surface area contributed by atoms with Crippen molar-refractivity contribution in [3.05, 3.63) is 224 Å². The van der Waals surface area contributed by atoms with E-state index in [1.165, 1.54) is 41.0 Å². The van der Waals surface area contributed by atoms with Crippen LogP contribution in [0.5, 0.6) is 0 Å².